The number of nitrogens with one attached hydrogen (secondary N) is 2. The van der Waals surface area contributed by atoms with Gasteiger partial charge in [0.15, 0.2) is 0 Å². The standard InChI is InChI=1S/C16H15N3O3/c1-11-6-2-3-7-12(11)10-17-16(21)22-19-15(20)13-8-4-5-9-14(13)18-19/h2-9,18H,10H2,1H3,(H,17,21). The van der Waals surface area contributed by atoms with E-state index in [4.69, 9.17) is 4.84 Å². The molecule has 112 valence electrons. The number of carbonyl (C=O) groups is 1. The van der Waals surface area contributed by atoms with Crippen molar-refractivity contribution in [3.05, 3.63) is 70.0 Å². The van der Waals surface area contributed by atoms with Crippen LogP contribution in [0, 0.1) is 6.92 Å². The van der Waals surface area contributed by atoms with Gasteiger partial charge in [-0.15, -0.1) is 0 Å². The smallest absolute Gasteiger partial charge is 0.316 e. The van der Waals surface area contributed by atoms with Gasteiger partial charge in [-0.1, -0.05) is 41.2 Å². The third-order valence-electron chi connectivity index (χ3n) is 3.42. The second kappa shape index (κ2) is 5.77. The van der Waals surface area contributed by atoms with Crippen LogP contribution in [0.4, 0.5) is 4.79 Å². The van der Waals surface area contributed by atoms with Crippen molar-refractivity contribution < 1.29 is 9.63 Å². The number of hydrogen-bond donors (Lipinski definition) is 2. The van der Waals surface area contributed by atoms with Crippen LogP contribution in [0.3, 0.4) is 0 Å². The molecule has 0 bridgehead atoms. The lowest BCUT2D eigenvalue weighted by atomic mass is 10.1. The number of carbonyl (C=O) groups excluding carboxylic acids is 1. The number of amides is 1. The monoisotopic (exact) mass is 297 g/mol. The fourth-order valence-corrected chi connectivity index (χ4v) is 2.19. The number of aromatic amines is 1. The van der Waals surface area contributed by atoms with E-state index in [0.717, 1.165) is 16.0 Å². The van der Waals surface area contributed by atoms with Gasteiger partial charge in [0.25, 0.3) is 0 Å². The van der Waals surface area contributed by atoms with E-state index in [0.29, 0.717) is 17.4 Å². The average molecular weight is 297 g/mol. The lowest BCUT2D eigenvalue weighted by Gasteiger charge is -2.07. The molecule has 3 rings (SSSR count). The molecule has 22 heavy (non-hydrogen) atoms. The molecule has 6 nitrogen and oxygen atoms in total. The summed E-state index contributed by atoms with van der Waals surface area (Å²) in [5.74, 6) is 0. The number of aryl methyl sites for hydroxylation is 1. The van der Waals surface area contributed by atoms with Gasteiger partial charge < -0.3 is 5.32 Å². The van der Waals surface area contributed by atoms with Crippen molar-refractivity contribution in [3.8, 4) is 0 Å². The molecule has 0 aliphatic heterocycles. The zero-order valence-electron chi connectivity index (χ0n) is 12.0. The number of H-pyrrole nitrogens is 1. The van der Waals surface area contributed by atoms with Crippen LogP contribution in [0.15, 0.2) is 53.3 Å². The van der Waals surface area contributed by atoms with Crippen molar-refractivity contribution in [1.82, 2.24) is 15.3 Å². The minimum absolute atomic E-state index is 0.334. The molecule has 3 aromatic rings. The summed E-state index contributed by atoms with van der Waals surface area (Å²) >= 11 is 0. The Labute approximate surface area is 126 Å². The Balaban J connectivity index is 1.70. The number of hydrogen-bond acceptors (Lipinski definition) is 3. The summed E-state index contributed by atoms with van der Waals surface area (Å²) < 4.78 is 0. The Hall–Kier alpha value is -3.02. The zero-order valence-corrected chi connectivity index (χ0v) is 12.0. The Morgan fingerprint density at radius 2 is 1.91 bits per heavy atom. The highest BCUT2D eigenvalue weighted by Crippen LogP contribution is 2.06. The molecule has 0 aliphatic carbocycles. The molecule has 1 aromatic heterocycles. The zero-order chi connectivity index (χ0) is 15.5. The summed E-state index contributed by atoms with van der Waals surface area (Å²) in [5, 5.41) is 5.81. The molecule has 0 radical (unpaired) electrons. The highest BCUT2D eigenvalue weighted by Gasteiger charge is 2.10. The van der Waals surface area contributed by atoms with Crippen molar-refractivity contribution in [3.63, 3.8) is 0 Å². The molecule has 1 amide bonds. The minimum Gasteiger partial charge on any atom is -0.316 e. The van der Waals surface area contributed by atoms with E-state index in [1.165, 1.54) is 0 Å². The first-order valence-corrected chi connectivity index (χ1v) is 6.85. The van der Waals surface area contributed by atoms with Crippen LogP contribution in [0.25, 0.3) is 10.9 Å². The van der Waals surface area contributed by atoms with Gasteiger partial charge in [-0.2, -0.15) is 0 Å². The SMILES string of the molecule is Cc1ccccc1CNC(=O)On1[nH]c2ccccc2c1=O. The molecule has 0 fully saturated rings. The summed E-state index contributed by atoms with van der Waals surface area (Å²) in [7, 11) is 0. The van der Waals surface area contributed by atoms with Crippen molar-refractivity contribution in [2.24, 2.45) is 0 Å². The Morgan fingerprint density at radius 1 is 1.18 bits per heavy atom. The van der Waals surface area contributed by atoms with Gasteiger partial charge in [0, 0.05) is 6.54 Å². The predicted octanol–water partition coefficient (Wildman–Crippen LogP) is 1.98. The van der Waals surface area contributed by atoms with Gasteiger partial charge in [-0.3, -0.25) is 14.7 Å². The second-order valence-corrected chi connectivity index (χ2v) is 4.92. The van der Waals surface area contributed by atoms with Gasteiger partial charge in [-0.05, 0) is 30.2 Å². The van der Waals surface area contributed by atoms with Crippen molar-refractivity contribution in [2.75, 3.05) is 0 Å². The maximum Gasteiger partial charge on any atom is 0.433 e. The molecular formula is C16H15N3O3. The van der Waals surface area contributed by atoms with Gasteiger partial charge in [-0.25, -0.2) is 4.79 Å². The molecule has 0 saturated heterocycles. The van der Waals surface area contributed by atoms with Crippen LogP contribution in [0.2, 0.25) is 0 Å². The highest BCUT2D eigenvalue weighted by atomic mass is 16.7. The molecule has 0 spiro atoms. The number of fused-ring (bicyclic) bond motifs is 1. The average Bonchev–Trinajstić information content (AvgIpc) is 2.83. The highest BCUT2D eigenvalue weighted by molar-refractivity contribution is 5.77. The van der Waals surface area contributed by atoms with Gasteiger partial charge in [0.2, 0.25) is 0 Å². The summed E-state index contributed by atoms with van der Waals surface area (Å²) in [5.41, 5.74) is 2.27. The molecule has 1 heterocycles. The second-order valence-electron chi connectivity index (χ2n) is 4.92. The minimum atomic E-state index is -0.697. The lowest BCUT2D eigenvalue weighted by Crippen LogP contribution is -2.36. The lowest BCUT2D eigenvalue weighted by molar-refractivity contribution is 0.112. The summed E-state index contributed by atoms with van der Waals surface area (Å²) in [4.78, 5) is 29.7. The summed E-state index contributed by atoms with van der Waals surface area (Å²) in [6, 6.07) is 14.7. The molecule has 2 N–H and O–H groups in total. The third-order valence-corrected chi connectivity index (χ3v) is 3.42. The van der Waals surface area contributed by atoms with Crippen LogP contribution in [-0.4, -0.2) is 16.0 Å². The molecule has 0 aliphatic rings. The van der Waals surface area contributed by atoms with E-state index in [1.807, 2.05) is 31.2 Å². The predicted molar refractivity (Wildman–Crippen MR) is 82.6 cm³/mol. The fraction of sp³-hybridized carbons (Fsp3) is 0.125. The van der Waals surface area contributed by atoms with Crippen LogP contribution >= 0.6 is 0 Å². The molecule has 2 aromatic carbocycles. The Kier molecular flexibility index (Phi) is 3.65. The van der Waals surface area contributed by atoms with E-state index >= 15 is 0 Å². The van der Waals surface area contributed by atoms with E-state index in [2.05, 4.69) is 10.4 Å². The quantitative estimate of drug-likeness (QED) is 0.776. The van der Waals surface area contributed by atoms with E-state index < -0.39 is 11.7 Å². The van der Waals surface area contributed by atoms with Gasteiger partial charge in [0.1, 0.15) is 0 Å². The van der Waals surface area contributed by atoms with Crippen LogP contribution in [0.1, 0.15) is 11.1 Å². The largest absolute Gasteiger partial charge is 0.433 e. The van der Waals surface area contributed by atoms with Gasteiger partial charge in [0.05, 0.1) is 10.9 Å². The maximum absolute atomic E-state index is 12.0. The third kappa shape index (κ3) is 2.71. The fourth-order valence-electron chi connectivity index (χ4n) is 2.19. The first kappa shape index (κ1) is 13.9. The molecular weight excluding hydrogens is 282 g/mol. The number of benzene rings is 2. The molecule has 0 saturated carbocycles. The van der Waals surface area contributed by atoms with E-state index in [-0.39, 0.29) is 0 Å². The van der Waals surface area contributed by atoms with Gasteiger partial charge >= 0.3 is 11.7 Å². The van der Waals surface area contributed by atoms with Crippen LogP contribution in [0.5, 0.6) is 0 Å². The van der Waals surface area contributed by atoms with E-state index in [9.17, 15) is 9.59 Å². The Morgan fingerprint density at radius 3 is 2.68 bits per heavy atom. The number of para-hydroxylation sites is 1. The summed E-state index contributed by atoms with van der Waals surface area (Å²) in [6.45, 7) is 2.30. The number of aromatic nitrogens is 2. The summed E-state index contributed by atoms with van der Waals surface area (Å²) in [6.07, 6.45) is -0.697. The maximum atomic E-state index is 12.0. The molecule has 0 unspecified atom stereocenters. The first-order valence-electron chi connectivity index (χ1n) is 6.85. The van der Waals surface area contributed by atoms with Crippen molar-refractivity contribution in [1.29, 1.82) is 0 Å². The molecule has 6 heteroatoms. The van der Waals surface area contributed by atoms with Crippen molar-refractivity contribution >= 4 is 17.0 Å². The first-order chi connectivity index (χ1) is 10.6. The number of rotatable bonds is 3. The van der Waals surface area contributed by atoms with Crippen molar-refractivity contribution in [2.45, 2.75) is 13.5 Å². The van der Waals surface area contributed by atoms with Crippen LogP contribution in [-0.2, 0) is 6.54 Å². The molecule has 0 atom stereocenters. The Bertz CT molecular complexity index is 879. The van der Waals surface area contributed by atoms with E-state index in [1.54, 1.807) is 24.3 Å². The van der Waals surface area contributed by atoms with Crippen LogP contribution < -0.4 is 15.7 Å². The normalized spacial score (nSPS) is 10.6. The number of nitrogens with zero attached hydrogens (tertiary/aromatic N) is 1. The topological polar surface area (TPSA) is 76.1 Å².